The molecule has 4 aromatic rings. The minimum Gasteiger partial charge on any atom is -0.494 e. The van der Waals surface area contributed by atoms with Crippen LogP contribution in [-0.4, -0.2) is 6.61 Å². The van der Waals surface area contributed by atoms with Crippen molar-refractivity contribution in [2.24, 2.45) is 11.8 Å². The highest BCUT2D eigenvalue weighted by Crippen LogP contribution is 2.57. The molecule has 0 aliphatic heterocycles. The standard InChI is InChI=1S/C37H40Br2O/c1-24(2)7-6-8-25(3)17-18-40-32-13-9-28(10-14-32)37(29-20-26(4)19-27(5)21-29)35-22-30(38)11-15-33(35)34-16-12-31(39)23-36(34)37/h9-16,19-25H,6-8,17-18H2,1-5H3. The van der Waals surface area contributed by atoms with Gasteiger partial charge in [-0.25, -0.2) is 0 Å². The molecule has 208 valence electrons. The molecule has 1 unspecified atom stereocenters. The first-order valence-electron chi connectivity index (χ1n) is 14.6. The zero-order valence-electron chi connectivity index (χ0n) is 24.4. The van der Waals surface area contributed by atoms with Crippen molar-refractivity contribution in [1.29, 1.82) is 0 Å². The smallest absolute Gasteiger partial charge is 0.119 e. The second kappa shape index (κ2) is 12.2. The van der Waals surface area contributed by atoms with Crippen molar-refractivity contribution in [3.8, 4) is 16.9 Å². The number of rotatable bonds is 10. The zero-order valence-corrected chi connectivity index (χ0v) is 27.5. The summed E-state index contributed by atoms with van der Waals surface area (Å²) in [5.74, 6) is 2.42. The maximum atomic E-state index is 6.26. The molecule has 1 nitrogen and oxygen atoms in total. The Balaban J connectivity index is 1.53. The van der Waals surface area contributed by atoms with Crippen LogP contribution in [-0.2, 0) is 5.41 Å². The second-order valence-corrected chi connectivity index (χ2v) is 13.9. The molecule has 0 amide bonds. The van der Waals surface area contributed by atoms with E-state index in [1.165, 1.54) is 63.8 Å². The van der Waals surface area contributed by atoms with E-state index in [0.717, 1.165) is 33.6 Å². The molecule has 0 bridgehead atoms. The van der Waals surface area contributed by atoms with Crippen LogP contribution in [0.4, 0.5) is 0 Å². The van der Waals surface area contributed by atoms with Gasteiger partial charge in [-0.1, -0.05) is 125 Å². The molecule has 5 rings (SSSR count). The lowest BCUT2D eigenvalue weighted by atomic mass is 9.67. The number of hydrogen-bond donors (Lipinski definition) is 0. The van der Waals surface area contributed by atoms with Gasteiger partial charge in [0.2, 0.25) is 0 Å². The van der Waals surface area contributed by atoms with Gasteiger partial charge in [-0.2, -0.15) is 0 Å². The number of ether oxygens (including phenoxy) is 1. The van der Waals surface area contributed by atoms with E-state index < -0.39 is 5.41 Å². The van der Waals surface area contributed by atoms with Crippen LogP contribution in [0.1, 0.15) is 79.8 Å². The van der Waals surface area contributed by atoms with Crippen molar-refractivity contribution in [3.05, 3.63) is 121 Å². The van der Waals surface area contributed by atoms with Gasteiger partial charge in [-0.15, -0.1) is 0 Å². The molecular weight excluding hydrogens is 620 g/mol. The third kappa shape index (κ3) is 5.83. The Morgan fingerprint density at radius 3 is 1.77 bits per heavy atom. The lowest BCUT2D eigenvalue weighted by Gasteiger charge is -2.34. The number of aryl methyl sites for hydroxylation is 2. The van der Waals surface area contributed by atoms with E-state index in [9.17, 15) is 0 Å². The summed E-state index contributed by atoms with van der Waals surface area (Å²) in [6.07, 6.45) is 5.00. The zero-order chi connectivity index (χ0) is 28.4. The van der Waals surface area contributed by atoms with Crippen LogP contribution in [0.5, 0.6) is 5.75 Å². The van der Waals surface area contributed by atoms with Gasteiger partial charge in [0.25, 0.3) is 0 Å². The van der Waals surface area contributed by atoms with Crippen LogP contribution in [0.2, 0.25) is 0 Å². The summed E-state index contributed by atoms with van der Waals surface area (Å²) in [6, 6.07) is 29.3. The summed E-state index contributed by atoms with van der Waals surface area (Å²) in [7, 11) is 0. The van der Waals surface area contributed by atoms with Crippen molar-refractivity contribution in [3.63, 3.8) is 0 Å². The highest BCUT2D eigenvalue weighted by molar-refractivity contribution is 9.10. The summed E-state index contributed by atoms with van der Waals surface area (Å²) in [5, 5.41) is 0. The van der Waals surface area contributed by atoms with E-state index >= 15 is 0 Å². The van der Waals surface area contributed by atoms with E-state index in [1.807, 2.05) is 0 Å². The molecule has 0 aromatic heterocycles. The molecular formula is C37H40Br2O. The van der Waals surface area contributed by atoms with Gasteiger partial charge in [-0.05, 0) is 102 Å². The van der Waals surface area contributed by atoms with Gasteiger partial charge in [-0.3, -0.25) is 0 Å². The van der Waals surface area contributed by atoms with Crippen molar-refractivity contribution in [2.45, 2.75) is 65.7 Å². The first-order chi connectivity index (χ1) is 19.2. The monoisotopic (exact) mass is 658 g/mol. The quantitative estimate of drug-likeness (QED) is 0.145. The predicted molar refractivity (Wildman–Crippen MR) is 177 cm³/mol. The van der Waals surface area contributed by atoms with E-state index in [4.69, 9.17) is 4.74 Å². The Hall–Kier alpha value is -2.36. The largest absolute Gasteiger partial charge is 0.494 e. The molecule has 0 radical (unpaired) electrons. The fourth-order valence-corrected chi connectivity index (χ4v) is 7.17. The minimum absolute atomic E-state index is 0.432. The van der Waals surface area contributed by atoms with E-state index in [0.29, 0.717) is 5.92 Å². The highest BCUT2D eigenvalue weighted by Gasteiger charge is 2.46. The minimum atomic E-state index is -0.432. The third-order valence-electron chi connectivity index (χ3n) is 8.36. The van der Waals surface area contributed by atoms with Gasteiger partial charge in [0, 0.05) is 8.95 Å². The van der Waals surface area contributed by atoms with E-state index in [2.05, 4.69) is 145 Å². The first kappa shape index (κ1) is 29.1. The SMILES string of the molecule is Cc1cc(C)cc(C2(c3ccc(OCCC(C)CCCC(C)C)cc3)c3cc(Br)ccc3-c3ccc(Br)cc32)c1. The molecule has 0 saturated carbocycles. The van der Waals surface area contributed by atoms with Crippen LogP contribution in [0.3, 0.4) is 0 Å². The summed E-state index contributed by atoms with van der Waals surface area (Å²) in [5.41, 5.74) is 9.86. The maximum Gasteiger partial charge on any atom is 0.119 e. The molecule has 0 fully saturated rings. The van der Waals surface area contributed by atoms with Crippen LogP contribution in [0, 0.1) is 25.7 Å². The van der Waals surface area contributed by atoms with Gasteiger partial charge < -0.3 is 4.74 Å². The molecule has 3 heteroatoms. The molecule has 0 saturated heterocycles. The second-order valence-electron chi connectivity index (χ2n) is 12.1. The van der Waals surface area contributed by atoms with Crippen LogP contribution >= 0.6 is 31.9 Å². The third-order valence-corrected chi connectivity index (χ3v) is 9.35. The molecule has 1 aliphatic carbocycles. The van der Waals surface area contributed by atoms with Crippen LogP contribution in [0.25, 0.3) is 11.1 Å². The van der Waals surface area contributed by atoms with E-state index in [-0.39, 0.29) is 0 Å². The van der Waals surface area contributed by atoms with Crippen molar-refractivity contribution in [2.75, 3.05) is 6.61 Å². The summed E-state index contributed by atoms with van der Waals surface area (Å²) in [6.45, 7) is 12.1. The van der Waals surface area contributed by atoms with Gasteiger partial charge in [0.15, 0.2) is 0 Å². The normalized spacial score (nSPS) is 14.2. The predicted octanol–water partition coefficient (Wildman–Crippen LogP) is 11.4. The molecule has 1 atom stereocenters. The number of fused-ring (bicyclic) bond motifs is 3. The Bertz CT molecular complexity index is 1410. The summed E-state index contributed by atoms with van der Waals surface area (Å²) in [4.78, 5) is 0. The average Bonchev–Trinajstić information content (AvgIpc) is 3.17. The van der Waals surface area contributed by atoms with Crippen molar-refractivity contribution >= 4 is 31.9 Å². The maximum absolute atomic E-state index is 6.26. The molecule has 4 aromatic carbocycles. The Kier molecular flexibility index (Phi) is 8.92. The topological polar surface area (TPSA) is 9.23 Å². The van der Waals surface area contributed by atoms with Crippen LogP contribution < -0.4 is 4.74 Å². The fourth-order valence-electron chi connectivity index (χ4n) is 6.45. The number of benzene rings is 4. The Labute approximate surface area is 257 Å². The van der Waals surface area contributed by atoms with Crippen molar-refractivity contribution in [1.82, 2.24) is 0 Å². The summed E-state index contributed by atoms with van der Waals surface area (Å²) < 4.78 is 8.44. The molecule has 40 heavy (non-hydrogen) atoms. The lowest BCUT2D eigenvalue weighted by molar-refractivity contribution is 0.275. The molecule has 0 N–H and O–H groups in total. The number of hydrogen-bond acceptors (Lipinski definition) is 1. The van der Waals surface area contributed by atoms with Gasteiger partial charge in [0.1, 0.15) is 5.75 Å². The molecule has 0 heterocycles. The Morgan fingerprint density at radius 2 is 1.23 bits per heavy atom. The molecule has 0 spiro atoms. The van der Waals surface area contributed by atoms with Gasteiger partial charge in [0.05, 0.1) is 12.0 Å². The van der Waals surface area contributed by atoms with Crippen molar-refractivity contribution < 1.29 is 4.74 Å². The number of halogens is 2. The first-order valence-corrected chi connectivity index (χ1v) is 16.2. The Morgan fingerprint density at radius 1 is 0.650 bits per heavy atom. The highest BCUT2D eigenvalue weighted by atomic mass is 79.9. The van der Waals surface area contributed by atoms with Gasteiger partial charge >= 0.3 is 0 Å². The van der Waals surface area contributed by atoms with Crippen LogP contribution in [0.15, 0.2) is 87.8 Å². The fraction of sp³-hybridized carbons (Fsp3) is 0.351. The van der Waals surface area contributed by atoms with E-state index in [1.54, 1.807) is 0 Å². The average molecular weight is 661 g/mol. The summed E-state index contributed by atoms with van der Waals surface area (Å²) >= 11 is 7.59. The lowest BCUT2D eigenvalue weighted by Crippen LogP contribution is -2.29. The molecule has 1 aliphatic rings.